The van der Waals surface area contributed by atoms with Crippen LogP contribution in [0.2, 0.25) is 0 Å². The first kappa shape index (κ1) is 17.6. The second-order valence-electron chi connectivity index (χ2n) is 7.03. The quantitative estimate of drug-likeness (QED) is 0.621. The molecule has 4 heteroatoms. The van der Waals surface area contributed by atoms with Gasteiger partial charge in [0.15, 0.2) is 0 Å². The molecule has 104 valence electrons. The van der Waals surface area contributed by atoms with Gasteiger partial charge in [0.25, 0.3) is 0 Å². The standard InChI is InChI=1S/C13H30N2S2/c1-11(2,14-8-12(3,4)16)9-15(7)10-13(5,6)17/h14,16-17H,8-10H2,1-7H3. The van der Waals surface area contributed by atoms with Crippen molar-refractivity contribution in [3.63, 3.8) is 0 Å². The average molecular weight is 279 g/mol. The Bertz CT molecular complexity index is 227. The molecule has 0 spiro atoms. The summed E-state index contributed by atoms with van der Waals surface area (Å²) in [6, 6.07) is 0. The van der Waals surface area contributed by atoms with E-state index in [1.54, 1.807) is 0 Å². The smallest absolute Gasteiger partial charge is 0.0252 e. The van der Waals surface area contributed by atoms with Crippen molar-refractivity contribution in [2.45, 2.75) is 56.6 Å². The highest BCUT2D eigenvalue weighted by molar-refractivity contribution is 7.82. The Morgan fingerprint density at radius 1 is 0.882 bits per heavy atom. The van der Waals surface area contributed by atoms with E-state index in [0.29, 0.717) is 0 Å². The van der Waals surface area contributed by atoms with Crippen molar-refractivity contribution < 1.29 is 0 Å². The van der Waals surface area contributed by atoms with Crippen LogP contribution >= 0.6 is 25.3 Å². The first-order chi connectivity index (χ1) is 7.31. The zero-order valence-electron chi connectivity index (χ0n) is 12.5. The molecule has 0 aliphatic heterocycles. The van der Waals surface area contributed by atoms with Crippen LogP contribution in [0.5, 0.6) is 0 Å². The van der Waals surface area contributed by atoms with Crippen LogP contribution in [-0.2, 0) is 0 Å². The van der Waals surface area contributed by atoms with E-state index in [1.807, 2.05) is 0 Å². The number of nitrogens with zero attached hydrogens (tertiary/aromatic N) is 1. The summed E-state index contributed by atoms with van der Waals surface area (Å²) in [4.78, 5) is 2.32. The first-order valence-electron chi connectivity index (χ1n) is 6.19. The minimum absolute atomic E-state index is 0.0264. The lowest BCUT2D eigenvalue weighted by Crippen LogP contribution is -2.52. The first-order valence-corrected chi connectivity index (χ1v) is 7.09. The molecule has 0 saturated heterocycles. The fourth-order valence-corrected chi connectivity index (χ4v) is 2.22. The minimum Gasteiger partial charge on any atom is -0.309 e. The summed E-state index contributed by atoms with van der Waals surface area (Å²) in [7, 11) is 2.15. The van der Waals surface area contributed by atoms with Crippen LogP contribution in [0.1, 0.15) is 41.5 Å². The van der Waals surface area contributed by atoms with Crippen LogP contribution in [0.15, 0.2) is 0 Å². The van der Waals surface area contributed by atoms with Crippen molar-refractivity contribution in [3.05, 3.63) is 0 Å². The predicted octanol–water partition coefficient (Wildman–Crippen LogP) is 2.70. The van der Waals surface area contributed by atoms with Gasteiger partial charge < -0.3 is 10.2 Å². The molecule has 0 aromatic carbocycles. The van der Waals surface area contributed by atoms with Crippen molar-refractivity contribution in [1.82, 2.24) is 10.2 Å². The Kier molecular flexibility index (Phi) is 6.40. The third kappa shape index (κ3) is 11.4. The summed E-state index contributed by atoms with van der Waals surface area (Å²) in [5, 5.41) is 3.57. The molecule has 0 unspecified atom stereocenters. The third-order valence-electron chi connectivity index (χ3n) is 2.32. The van der Waals surface area contributed by atoms with Crippen molar-refractivity contribution in [2.75, 3.05) is 26.7 Å². The molecule has 0 fully saturated rings. The molecule has 0 radical (unpaired) electrons. The van der Waals surface area contributed by atoms with Crippen LogP contribution in [0, 0.1) is 0 Å². The average Bonchev–Trinajstić information content (AvgIpc) is 1.94. The summed E-state index contributed by atoms with van der Waals surface area (Å²) in [5.74, 6) is 0. The van der Waals surface area contributed by atoms with Crippen LogP contribution < -0.4 is 5.32 Å². The molecule has 1 N–H and O–H groups in total. The van der Waals surface area contributed by atoms with Crippen LogP contribution in [0.3, 0.4) is 0 Å². The Morgan fingerprint density at radius 3 is 1.71 bits per heavy atom. The lowest BCUT2D eigenvalue weighted by Gasteiger charge is -2.36. The molecule has 0 aromatic rings. The van der Waals surface area contributed by atoms with Gasteiger partial charge in [0.05, 0.1) is 0 Å². The number of thiol groups is 2. The highest BCUT2D eigenvalue weighted by atomic mass is 32.1. The van der Waals surface area contributed by atoms with E-state index in [1.165, 1.54) is 0 Å². The third-order valence-corrected chi connectivity index (χ3v) is 2.62. The highest BCUT2D eigenvalue weighted by Gasteiger charge is 2.24. The maximum absolute atomic E-state index is 4.57. The van der Waals surface area contributed by atoms with Crippen molar-refractivity contribution >= 4 is 25.3 Å². The van der Waals surface area contributed by atoms with Gasteiger partial charge in [-0.1, -0.05) is 0 Å². The SMILES string of the molecule is CN(CC(C)(C)S)CC(C)(C)NCC(C)(C)S. The van der Waals surface area contributed by atoms with Crippen LogP contribution in [-0.4, -0.2) is 46.6 Å². The number of rotatable bonds is 7. The second-order valence-corrected chi connectivity index (χ2v) is 9.46. The molecule has 0 amide bonds. The van der Waals surface area contributed by atoms with E-state index in [-0.39, 0.29) is 15.0 Å². The lowest BCUT2D eigenvalue weighted by atomic mass is 10.0. The molecule has 0 rings (SSSR count). The maximum Gasteiger partial charge on any atom is 0.0252 e. The zero-order valence-corrected chi connectivity index (χ0v) is 14.3. The Balaban J connectivity index is 4.16. The van der Waals surface area contributed by atoms with E-state index >= 15 is 0 Å². The number of likely N-dealkylation sites (N-methyl/N-ethyl adjacent to an activating group) is 1. The molecule has 17 heavy (non-hydrogen) atoms. The Labute approximate surface area is 119 Å². The summed E-state index contributed by atoms with van der Waals surface area (Å²) < 4.78 is 0.0757. The summed E-state index contributed by atoms with van der Waals surface area (Å²) in [5.41, 5.74) is 0.0910. The molecular formula is C13H30N2S2. The molecule has 0 aliphatic rings. The monoisotopic (exact) mass is 278 g/mol. The molecule has 0 saturated carbocycles. The molecular weight excluding hydrogens is 248 g/mol. The van der Waals surface area contributed by atoms with Gasteiger partial charge in [-0.25, -0.2) is 0 Å². The fourth-order valence-electron chi connectivity index (χ4n) is 1.90. The Morgan fingerprint density at radius 2 is 1.35 bits per heavy atom. The Hall–Kier alpha value is 0.620. The van der Waals surface area contributed by atoms with E-state index < -0.39 is 0 Å². The van der Waals surface area contributed by atoms with E-state index in [0.717, 1.165) is 19.6 Å². The maximum atomic E-state index is 4.57. The molecule has 0 bridgehead atoms. The molecule has 0 aromatic heterocycles. The zero-order chi connectivity index (χ0) is 13.9. The van der Waals surface area contributed by atoms with Gasteiger partial charge in [-0.15, -0.1) is 0 Å². The van der Waals surface area contributed by atoms with Crippen molar-refractivity contribution in [1.29, 1.82) is 0 Å². The summed E-state index contributed by atoms with van der Waals surface area (Å²) >= 11 is 9.11. The van der Waals surface area contributed by atoms with Gasteiger partial charge in [-0.3, -0.25) is 0 Å². The van der Waals surface area contributed by atoms with E-state index in [9.17, 15) is 0 Å². The minimum atomic E-state index is 0.0264. The summed E-state index contributed by atoms with van der Waals surface area (Å²) in [6.45, 7) is 15.9. The van der Waals surface area contributed by atoms with Crippen molar-refractivity contribution in [3.8, 4) is 0 Å². The number of nitrogens with one attached hydrogen (secondary N) is 1. The largest absolute Gasteiger partial charge is 0.309 e. The van der Waals surface area contributed by atoms with E-state index in [2.05, 4.69) is 84.1 Å². The van der Waals surface area contributed by atoms with Gasteiger partial charge in [0.1, 0.15) is 0 Å². The lowest BCUT2D eigenvalue weighted by molar-refractivity contribution is 0.222. The van der Waals surface area contributed by atoms with Crippen LogP contribution in [0.25, 0.3) is 0 Å². The fraction of sp³-hybridized carbons (Fsp3) is 1.00. The van der Waals surface area contributed by atoms with Gasteiger partial charge in [-0.2, -0.15) is 25.3 Å². The molecule has 0 atom stereocenters. The normalized spacial score (nSPS) is 14.5. The molecule has 0 heterocycles. The predicted molar refractivity (Wildman–Crippen MR) is 85.7 cm³/mol. The van der Waals surface area contributed by atoms with Crippen LogP contribution in [0.4, 0.5) is 0 Å². The molecule has 0 aliphatic carbocycles. The van der Waals surface area contributed by atoms with Gasteiger partial charge >= 0.3 is 0 Å². The van der Waals surface area contributed by atoms with Gasteiger partial charge in [-0.05, 0) is 48.6 Å². The number of hydrogen-bond acceptors (Lipinski definition) is 4. The van der Waals surface area contributed by atoms with Crippen molar-refractivity contribution in [2.24, 2.45) is 0 Å². The highest BCUT2D eigenvalue weighted by Crippen LogP contribution is 2.16. The topological polar surface area (TPSA) is 15.3 Å². The molecule has 2 nitrogen and oxygen atoms in total. The van der Waals surface area contributed by atoms with Gasteiger partial charge in [0.2, 0.25) is 0 Å². The number of hydrogen-bond donors (Lipinski definition) is 3. The second kappa shape index (κ2) is 6.18. The van der Waals surface area contributed by atoms with E-state index in [4.69, 9.17) is 0 Å². The summed E-state index contributed by atoms with van der Waals surface area (Å²) in [6.07, 6.45) is 0. The van der Waals surface area contributed by atoms with Gasteiger partial charge in [0, 0.05) is 34.7 Å².